The minimum Gasteiger partial charge on any atom is -0.354 e. The minimum atomic E-state index is 0.581. The lowest BCUT2D eigenvalue weighted by atomic mass is 10.5. The number of hydrogen-bond acceptors (Lipinski definition) is 8. The van der Waals surface area contributed by atoms with E-state index in [4.69, 9.17) is 0 Å². The van der Waals surface area contributed by atoms with Crippen molar-refractivity contribution >= 4 is 23.7 Å². The lowest BCUT2D eigenvalue weighted by molar-refractivity contribution is 0.760. The maximum absolute atomic E-state index is 4.43. The fourth-order valence-corrected chi connectivity index (χ4v) is 2.24. The summed E-state index contributed by atoms with van der Waals surface area (Å²) in [5, 5.41) is 12.7. The molecule has 8 nitrogen and oxygen atoms in total. The lowest BCUT2D eigenvalue weighted by Gasteiger charge is -2.12. The summed E-state index contributed by atoms with van der Waals surface area (Å²) in [5.41, 5.74) is 0. The Morgan fingerprint density at radius 2 is 1.95 bits per heavy atom. The van der Waals surface area contributed by atoms with E-state index in [1.54, 1.807) is 0 Å². The zero-order valence-electron chi connectivity index (χ0n) is 13.0. The second kappa shape index (κ2) is 6.70. The first-order valence-electron chi connectivity index (χ1n) is 6.72. The molecule has 114 valence electrons. The Labute approximate surface area is 128 Å². The molecular formula is C12H20N8S. The second-order valence-corrected chi connectivity index (χ2v) is 5.69. The predicted molar refractivity (Wildman–Crippen MR) is 82.8 cm³/mol. The van der Waals surface area contributed by atoms with Crippen LogP contribution in [0.5, 0.6) is 0 Å². The molecule has 21 heavy (non-hydrogen) atoms. The number of nitrogens with zero attached hydrogens (tertiary/aromatic N) is 7. The van der Waals surface area contributed by atoms with Gasteiger partial charge in [-0.2, -0.15) is 15.0 Å². The van der Waals surface area contributed by atoms with Gasteiger partial charge < -0.3 is 14.8 Å². The Morgan fingerprint density at radius 3 is 2.52 bits per heavy atom. The van der Waals surface area contributed by atoms with Gasteiger partial charge in [0.2, 0.25) is 17.1 Å². The first kappa shape index (κ1) is 15.5. The van der Waals surface area contributed by atoms with Crippen LogP contribution < -0.4 is 10.2 Å². The van der Waals surface area contributed by atoms with Gasteiger partial charge in [0, 0.05) is 27.7 Å². The van der Waals surface area contributed by atoms with Gasteiger partial charge in [-0.15, -0.1) is 10.2 Å². The van der Waals surface area contributed by atoms with E-state index in [9.17, 15) is 0 Å². The molecule has 1 N–H and O–H groups in total. The monoisotopic (exact) mass is 308 g/mol. The third kappa shape index (κ3) is 3.81. The average molecular weight is 308 g/mol. The SMILES string of the molecule is CCCNc1nc(Sc2nnc(C)n2C)nc(N(C)C)n1. The number of anilines is 2. The van der Waals surface area contributed by atoms with Gasteiger partial charge in [0.1, 0.15) is 5.82 Å². The molecule has 0 radical (unpaired) electrons. The molecule has 0 unspecified atom stereocenters. The van der Waals surface area contributed by atoms with Crippen LogP contribution in [-0.4, -0.2) is 50.4 Å². The van der Waals surface area contributed by atoms with E-state index < -0.39 is 0 Å². The molecule has 0 aliphatic rings. The van der Waals surface area contributed by atoms with E-state index in [-0.39, 0.29) is 0 Å². The third-order valence-electron chi connectivity index (χ3n) is 2.77. The van der Waals surface area contributed by atoms with E-state index in [2.05, 4.69) is 37.4 Å². The summed E-state index contributed by atoms with van der Waals surface area (Å²) in [7, 11) is 5.72. The van der Waals surface area contributed by atoms with E-state index in [1.807, 2.05) is 37.5 Å². The molecule has 9 heteroatoms. The second-order valence-electron chi connectivity index (χ2n) is 4.75. The van der Waals surface area contributed by atoms with Crippen molar-refractivity contribution in [1.82, 2.24) is 29.7 Å². The van der Waals surface area contributed by atoms with Gasteiger partial charge in [-0.1, -0.05) is 6.92 Å². The first-order valence-corrected chi connectivity index (χ1v) is 7.54. The van der Waals surface area contributed by atoms with Gasteiger partial charge in [-0.3, -0.25) is 0 Å². The molecule has 0 saturated heterocycles. The highest BCUT2D eigenvalue weighted by atomic mass is 32.2. The van der Waals surface area contributed by atoms with E-state index in [1.165, 1.54) is 11.8 Å². The van der Waals surface area contributed by atoms with Gasteiger partial charge in [-0.05, 0) is 25.1 Å². The van der Waals surface area contributed by atoms with Crippen LogP contribution in [-0.2, 0) is 7.05 Å². The molecule has 0 aliphatic carbocycles. The van der Waals surface area contributed by atoms with Crippen LogP contribution in [0.25, 0.3) is 0 Å². The topological polar surface area (TPSA) is 84.7 Å². The summed E-state index contributed by atoms with van der Waals surface area (Å²) < 4.78 is 1.91. The molecule has 0 fully saturated rings. The van der Waals surface area contributed by atoms with Gasteiger partial charge in [0.15, 0.2) is 5.16 Å². The van der Waals surface area contributed by atoms with Crippen molar-refractivity contribution < 1.29 is 0 Å². The van der Waals surface area contributed by atoms with Crippen LogP contribution in [0.2, 0.25) is 0 Å². The van der Waals surface area contributed by atoms with Crippen LogP contribution in [0, 0.1) is 6.92 Å². The van der Waals surface area contributed by atoms with E-state index >= 15 is 0 Å². The van der Waals surface area contributed by atoms with Crippen LogP contribution in [0.4, 0.5) is 11.9 Å². The molecule has 0 atom stereocenters. The molecule has 2 aromatic rings. The number of hydrogen-bond donors (Lipinski definition) is 1. The molecule has 0 aromatic carbocycles. The fourth-order valence-electron chi connectivity index (χ4n) is 1.47. The van der Waals surface area contributed by atoms with Crippen molar-refractivity contribution in [2.24, 2.45) is 7.05 Å². The third-order valence-corrected chi connectivity index (χ3v) is 3.67. The Bertz CT molecular complexity index is 609. The molecule has 0 aliphatic heterocycles. The maximum atomic E-state index is 4.43. The maximum Gasteiger partial charge on any atom is 0.230 e. The average Bonchev–Trinajstić information content (AvgIpc) is 2.77. The molecule has 0 bridgehead atoms. The first-order chi connectivity index (χ1) is 10.0. The summed E-state index contributed by atoms with van der Waals surface area (Å²) in [6.45, 7) is 4.83. The smallest absolute Gasteiger partial charge is 0.230 e. The van der Waals surface area contributed by atoms with Crippen molar-refractivity contribution in [2.75, 3.05) is 30.9 Å². The highest BCUT2D eigenvalue weighted by Crippen LogP contribution is 2.24. The number of aromatic nitrogens is 6. The van der Waals surface area contributed by atoms with Crippen LogP contribution in [0.1, 0.15) is 19.2 Å². The van der Waals surface area contributed by atoms with E-state index in [0.29, 0.717) is 17.1 Å². The van der Waals surface area contributed by atoms with Crippen molar-refractivity contribution in [3.63, 3.8) is 0 Å². The molecule has 0 amide bonds. The van der Waals surface area contributed by atoms with Gasteiger partial charge in [-0.25, -0.2) is 0 Å². The normalized spacial score (nSPS) is 10.7. The molecule has 2 heterocycles. The fraction of sp³-hybridized carbons (Fsp3) is 0.583. The van der Waals surface area contributed by atoms with Crippen LogP contribution in [0.3, 0.4) is 0 Å². The lowest BCUT2D eigenvalue weighted by Crippen LogP contribution is -2.16. The zero-order chi connectivity index (χ0) is 15.4. The molecule has 2 aromatic heterocycles. The zero-order valence-corrected chi connectivity index (χ0v) is 13.8. The Hall–Kier alpha value is -1.90. The molecule has 0 spiro atoms. The standard InChI is InChI=1S/C12H20N8S/c1-6-7-13-9-14-10(19(3)4)16-11(15-9)21-12-18-17-8(2)20(12)5/h6-7H2,1-5H3,(H,13,14,15,16). The van der Waals surface area contributed by atoms with Crippen LogP contribution >= 0.6 is 11.8 Å². The van der Waals surface area contributed by atoms with Crippen molar-refractivity contribution in [3.05, 3.63) is 5.82 Å². The number of rotatable bonds is 6. The summed E-state index contributed by atoms with van der Waals surface area (Å²) in [6, 6.07) is 0. The van der Waals surface area contributed by atoms with Crippen molar-refractivity contribution in [1.29, 1.82) is 0 Å². The van der Waals surface area contributed by atoms with Crippen molar-refractivity contribution in [3.8, 4) is 0 Å². The summed E-state index contributed by atoms with van der Waals surface area (Å²) in [5.74, 6) is 2.05. The summed E-state index contributed by atoms with van der Waals surface area (Å²) in [4.78, 5) is 15.1. The van der Waals surface area contributed by atoms with Gasteiger partial charge >= 0.3 is 0 Å². The highest BCUT2D eigenvalue weighted by Gasteiger charge is 2.13. The predicted octanol–water partition coefficient (Wildman–Crippen LogP) is 1.35. The number of aryl methyl sites for hydroxylation is 1. The molecule has 0 saturated carbocycles. The Kier molecular flexibility index (Phi) is 4.94. The molecule has 2 rings (SSSR count). The largest absolute Gasteiger partial charge is 0.354 e. The van der Waals surface area contributed by atoms with Gasteiger partial charge in [0.25, 0.3) is 0 Å². The number of nitrogens with one attached hydrogen (secondary N) is 1. The Balaban J connectivity index is 2.28. The van der Waals surface area contributed by atoms with Crippen molar-refractivity contribution in [2.45, 2.75) is 30.6 Å². The van der Waals surface area contributed by atoms with Crippen LogP contribution in [0.15, 0.2) is 10.3 Å². The van der Waals surface area contributed by atoms with E-state index in [0.717, 1.165) is 23.9 Å². The minimum absolute atomic E-state index is 0.581. The highest BCUT2D eigenvalue weighted by molar-refractivity contribution is 7.99. The summed E-state index contributed by atoms with van der Waals surface area (Å²) in [6.07, 6.45) is 1.01. The summed E-state index contributed by atoms with van der Waals surface area (Å²) >= 11 is 1.37. The van der Waals surface area contributed by atoms with Gasteiger partial charge in [0.05, 0.1) is 0 Å². The molecular weight excluding hydrogens is 288 g/mol. The quantitative estimate of drug-likeness (QED) is 0.856. The Morgan fingerprint density at radius 1 is 1.19 bits per heavy atom.